The average molecular weight is 201 g/mol. The van der Waals surface area contributed by atoms with Crippen LogP contribution in [0.15, 0.2) is 0 Å². The Labute approximate surface area is 87.0 Å². The number of unbranched alkanes of at least 4 members (excludes halogenated alkanes) is 3. The number of carbonyl (C=O) groups excluding carboxylic acids is 1. The summed E-state index contributed by atoms with van der Waals surface area (Å²) in [5, 5.41) is 0. The quantitative estimate of drug-likeness (QED) is 0.483. The molecular weight excluding hydrogens is 178 g/mol. The van der Waals surface area contributed by atoms with Gasteiger partial charge in [0, 0.05) is 6.54 Å². The third kappa shape index (κ3) is 5.97. The summed E-state index contributed by atoms with van der Waals surface area (Å²) in [6.07, 6.45) is 5.30. The van der Waals surface area contributed by atoms with Crippen LogP contribution in [0.2, 0.25) is 0 Å². The van der Waals surface area contributed by atoms with Gasteiger partial charge in [0.25, 0.3) is 0 Å². The molecule has 3 nitrogen and oxygen atoms in total. The normalized spacial score (nSPS) is 12.5. The first kappa shape index (κ1) is 13.4. The van der Waals surface area contributed by atoms with Crippen molar-refractivity contribution >= 4 is 5.97 Å². The molecule has 0 saturated carbocycles. The molecule has 2 N–H and O–H groups in total. The van der Waals surface area contributed by atoms with E-state index < -0.39 is 0 Å². The van der Waals surface area contributed by atoms with Crippen molar-refractivity contribution in [3.63, 3.8) is 0 Å². The Bertz CT molecular complexity index is 144. The van der Waals surface area contributed by atoms with Gasteiger partial charge in [-0.05, 0) is 12.8 Å². The molecule has 0 radical (unpaired) electrons. The third-order valence-electron chi connectivity index (χ3n) is 2.35. The molecule has 0 heterocycles. The molecule has 0 spiro atoms. The van der Waals surface area contributed by atoms with Crippen molar-refractivity contribution in [2.24, 2.45) is 11.7 Å². The van der Waals surface area contributed by atoms with Crippen molar-refractivity contribution in [2.45, 2.75) is 46.0 Å². The molecule has 0 fully saturated rings. The number of ether oxygens (including phenoxy) is 1. The van der Waals surface area contributed by atoms with Crippen LogP contribution >= 0.6 is 0 Å². The van der Waals surface area contributed by atoms with E-state index in [0.29, 0.717) is 13.2 Å². The second kappa shape index (κ2) is 9.00. The lowest BCUT2D eigenvalue weighted by molar-refractivity contribution is -0.148. The number of esters is 1. The number of hydrogen-bond donors (Lipinski definition) is 1. The van der Waals surface area contributed by atoms with Gasteiger partial charge >= 0.3 is 5.97 Å². The monoisotopic (exact) mass is 201 g/mol. The smallest absolute Gasteiger partial charge is 0.310 e. The van der Waals surface area contributed by atoms with E-state index >= 15 is 0 Å². The predicted octanol–water partition coefficient (Wildman–Crippen LogP) is 2.09. The fourth-order valence-electron chi connectivity index (χ4n) is 1.25. The van der Waals surface area contributed by atoms with Crippen molar-refractivity contribution in [3.8, 4) is 0 Å². The van der Waals surface area contributed by atoms with E-state index in [1.807, 2.05) is 6.92 Å². The zero-order valence-electron chi connectivity index (χ0n) is 9.42. The van der Waals surface area contributed by atoms with Crippen molar-refractivity contribution < 1.29 is 9.53 Å². The molecule has 1 atom stereocenters. The highest BCUT2D eigenvalue weighted by atomic mass is 16.5. The molecule has 0 aromatic carbocycles. The van der Waals surface area contributed by atoms with Crippen LogP contribution in [0, 0.1) is 5.92 Å². The molecule has 0 aromatic rings. The molecule has 0 amide bonds. The van der Waals surface area contributed by atoms with Gasteiger partial charge in [-0.25, -0.2) is 0 Å². The van der Waals surface area contributed by atoms with Gasteiger partial charge < -0.3 is 10.5 Å². The lowest BCUT2D eigenvalue weighted by Gasteiger charge is -2.11. The first-order chi connectivity index (χ1) is 6.76. The summed E-state index contributed by atoms with van der Waals surface area (Å²) >= 11 is 0. The van der Waals surface area contributed by atoms with Crippen LogP contribution in [0.1, 0.15) is 46.0 Å². The number of hydrogen-bond acceptors (Lipinski definition) is 3. The molecular formula is C11H23NO2. The number of carbonyl (C=O) groups is 1. The highest BCUT2D eigenvalue weighted by molar-refractivity contribution is 5.72. The van der Waals surface area contributed by atoms with Crippen LogP contribution in [0.5, 0.6) is 0 Å². The Hall–Kier alpha value is -0.570. The van der Waals surface area contributed by atoms with E-state index in [-0.39, 0.29) is 11.9 Å². The van der Waals surface area contributed by atoms with Crippen molar-refractivity contribution in [3.05, 3.63) is 0 Å². The molecule has 84 valence electrons. The number of rotatable bonds is 8. The van der Waals surface area contributed by atoms with E-state index in [0.717, 1.165) is 19.3 Å². The van der Waals surface area contributed by atoms with Gasteiger partial charge in [0.1, 0.15) is 0 Å². The summed E-state index contributed by atoms with van der Waals surface area (Å²) in [4.78, 5) is 11.3. The van der Waals surface area contributed by atoms with E-state index in [1.54, 1.807) is 0 Å². The van der Waals surface area contributed by atoms with Crippen molar-refractivity contribution in [1.29, 1.82) is 0 Å². The Morgan fingerprint density at radius 3 is 2.50 bits per heavy atom. The minimum absolute atomic E-state index is 0.110. The SMILES string of the molecule is CCCCCCOC(=O)C(CC)CN. The first-order valence-corrected chi connectivity index (χ1v) is 5.62. The van der Waals surface area contributed by atoms with Gasteiger partial charge in [-0.1, -0.05) is 33.1 Å². The van der Waals surface area contributed by atoms with Gasteiger partial charge in [-0.15, -0.1) is 0 Å². The van der Waals surface area contributed by atoms with Crippen LogP contribution < -0.4 is 5.73 Å². The van der Waals surface area contributed by atoms with E-state index in [1.165, 1.54) is 12.8 Å². The van der Waals surface area contributed by atoms with Gasteiger partial charge in [-0.3, -0.25) is 4.79 Å². The average Bonchev–Trinajstić information content (AvgIpc) is 2.19. The van der Waals surface area contributed by atoms with Crippen molar-refractivity contribution in [2.75, 3.05) is 13.2 Å². The van der Waals surface area contributed by atoms with Gasteiger partial charge in [0.2, 0.25) is 0 Å². The van der Waals surface area contributed by atoms with Crippen LogP contribution in [-0.4, -0.2) is 19.1 Å². The minimum Gasteiger partial charge on any atom is -0.465 e. The molecule has 0 aliphatic heterocycles. The van der Waals surface area contributed by atoms with Crippen molar-refractivity contribution in [1.82, 2.24) is 0 Å². The molecule has 3 heteroatoms. The molecule has 1 unspecified atom stereocenters. The van der Waals surface area contributed by atoms with Gasteiger partial charge in [-0.2, -0.15) is 0 Å². The van der Waals surface area contributed by atoms with E-state index in [9.17, 15) is 4.79 Å². The summed E-state index contributed by atoms with van der Waals surface area (Å²) in [5.74, 6) is -0.243. The maximum absolute atomic E-state index is 11.3. The second-order valence-electron chi connectivity index (χ2n) is 3.57. The summed E-state index contributed by atoms with van der Waals surface area (Å²) in [6, 6.07) is 0. The van der Waals surface area contributed by atoms with E-state index in [4.69, 9.17) is 10.5 Å². The molecule has 0 aliphatic rings. The largest absolute Gasteiger partial charge is 0.465 e. The summed E-state index contributed by atoms with van der Waals surface area (Å²) in [5.41, 5.74) is 5.44. The summed E-state index contributed by atoms with van der Waals surface area (Å²) in [7, 11) is 0. The zero-order chi connectivity index (χ0) is 10.8. The second-order valence-corrected chi connectivity index (χ2v) is 3.57. The molecule has 0 saturated heterocycles. The lowest BCUT2D eigenvalue weighted by atomic mass is 10.1. The molecule has 0 rings (SSSR count). The molecule has 14 heavy (non-hydrogen) atoms. The van der Waals surface area contributed by atoms with Gasteiger partial charge in [0.05, 0.1) is 12.5 Å². The maximum Gasteiger partial charge on any atom is 0.310 e. The summed E-state index contributed by atoms with van der Waals surface area (Å²) < 4.78 is 5.11. The molecule has 0 bridgehead atoms. The first-order valence-electron chi connectivity index (χ1n) is 5.62. The standard InChI is InChI=1S/C11H23NO2/c1-3-5-6-7-8-14-11(13)10(4-2)9-12/h10H,3-9,12H2,1-2H3. The highest BCUT2D eigenvalue weighted by Gasteiger charge is 2.15. The third-order valence-corrected chi connectivity index (χ3v) is 2.35. The Morgan fingerprint density at radius 2 is 2.00 bits per heavy atom. The maximum atomic E-state index is 11.3. The topological polar surface area (TPSA) is 52.3 Å². The Balaban J connectivity index is 3.43. The number of nitrogens with two attached hydrogens (primary N) is 1. The minimum atomic E-state index is -0.133. The fraction of sp³-hybridized carbons (Fsp3) is 0.909. The zero-order valence-corrected chi connectivity index (χ0v) is 9.42. The summed E-state index contributed by atoms with van der Waals surface area (Å²) in [6.45, 7) is 5.06. The van der Waals surface area contributed by atoms with Crippen LogP contribution in [-0.2, 0) is 9.53 Å². The Morgan fingerprint density at radius 1 is 1.29 bits per heavy atom. The van der Waals surface area contributed by atoms with Crippen LogP contribution in [0.4, 0.5) is 0 Å². The van der Waals surface area contributed by atoms with Crippen LogP contribution in [0.25, 0.3) is 0 Å². The highest BCUT2D eigenvalue weighted by Crippen LogP contribution is 2.05. The fourth-order valence-corrected chi connectivity index (χ4v) is 1.25. The molecule has 0 aromatic heterocycles. The molecule has 0 aliphatic carbocycles. The van der Waals surface area contributed by atoms with E-state index in [2.05, 4.69) is 6.92 Å². The Kier molecular flexibility index (Phi) is 8.64. The lowest BCUT2D eigenvalue weighted by Crippen LogP contribution is -2.25. The van der Waals surface area contributed by atoms with Gasteiger partial charge in [0.15, 0.2) is 0 Å². The van der Waals surface area contributed by atoms with Crippen LogP contribution in [0.3, 0.4) is 0 Å². The predicted molar refractivity (Wildman–Crippen MR) is 57.9 cm³/mol.